The van der Waals surface area contributed by atoms with E-state index < -0.39 is 0 Å². The molecule has 0 spiro atoms. The number of rotatable bonds is 4. The van der Waals surface area contributed by atoms with Gasteiger partial charge in [0.1, 0.15) is 0 Å². The standard InChI is InChI=1S/C12H24N2O/c1-6-7-8-13-11(15)14-9-10(2)12(3,4)5/h9H,6-8H2,1-5H3,(H2,13,14,15)/b10-9+. The van der Waals surface area contributed by atoms with Gasteiger partial charge in [-0.2, -0.15) is 0 Å². The average molecular weight is 212 g/mol. The summed E-state index contributed by atoms with van der Waals surface area (Å²) < 4.78 is 0. The molecule has 0 aromatic carbocycles. The van der Waals surface area contributed by atoms with Crippen LogP contribution in [-0.2, 0) is 0 Å². The van der Waals surface area contributed by atoms with E-state index in [0.717, 1.165) is 25.0 Å². The fourth-order valence-corrected chi connectivity index (χ4v) is 0.820. The van der Waals surface area contributed by atoms with Gasteiger partial charge in [-0.05, 0) is 18.8 Å². The van der Waals surface area contributed by atoms with Crippen LogP contribution < -0.4 is 10.6 Å². The smallest absolute Gasteiger partial charge is 0.318 e. The zero-order chi connectivity index (χ0) is 11.9. The summed E-state index contributed by atoms with van der Waals surface area (Å²) in [6.07, 6.45) is 3.90. The minimum Gasteiger partial charge on any atom is -0.338 e. The highest BCUT2D eigenvalue weighted by Crippen LogP contribution is 2.23. The Balaban J connectivity index is 3.89. The molecule has 3 heteroatoms. The third-order valence-electron chi connectivity index (χ3n) is 2.42. The third kappa shape index (κ3) is 7.00. The maximum absolute atomic E-state index is 11.3. The summed E-state index contributed by atoms with van der Waals surface area (Å²) >= 11 is 0. The molecule has 0 aliphatic rings. The Morgan fingerprint density at radius 3 is 2.40 bits per heavy atom. The van der Waals surface area contributed by atoms with Crippen LogP contribution in [0.5, 0.6) is 0 Å². The molecule has 3 nitrogen and oxygen atoms in total. The molecular formula is C12H24N2O. The zero-order valence-electron chi connectivity index (χ0n) is 10.6. The van der Waals surface area contributed by atoms with Crippen molar-refractivity contribution in [3.63, 3.8) is 0 Å². The molecule has 0 atom stereocenters. The first kappa shape index (κ1) is 14.0. The molecule has 2 N–H and O–H groups in total. The van der Waals surface area contributed by atoms with Crippen molar-refractivity contribution < 1.29 is 4.79 Å². The number of nitrogens with one attached hydrogen (secondary N) is 2. The number of amides is 2. The summed E-state index contributed by atoms with van der Waals surface area (Å²) in [5.74, 6) is 0. The van der Waals surface area contributed by atoms with E-state index in [1.54, 1.807) is 6.20 Å². The van der Waals surface area contributed by atoms with Crippen molar-refractivity contribution in [3.05, 3.63) is 11.8 Å². The summed E-state index contributed by atoms with van der Waals surface area (Å²) in [6.45, 7) is 11.2. The second-order valence-electron chi connectivity index (χ2n) is 4.83. The largest absolute Gasteiger partial charge is 0.338 e. The Morgan fingerprint density at radius 1 is 1.33 bits per heavy atom. The first-order chi connectivity index (χ1) is 6.88. The quantitative estimate of drug-likeness (QED) is 0.691. The monoisotopic (exact) mass is 212 g/mol. The normalized spacial score (nSPS) is 12.5. The van der Waals surface area contributed by atoms with Gasteiger partial charge in [0.15, 0.2) is 0 Å². The Labute approximate surface area is 93.3 Å². The number of carbonyl (C=O) groups is 1. The summed E-state index contributed by atoms with van der Waals surface area (Å²) in [6, 6.07) is -0.118. The van der Waals surface area contributed by atoms with Gasteiger partial charge in [-0.25, -0.2) is 4.79 Å². The molecule has 0 rings (SSSR count). The Morgan fingerprint density at radius 2 is 1.93 bits per heavy atom. The van der Waals surface area contributed by atoms with E-state index in [1.807, 2.05) is 6.92 Å². The van der Waals surface area contributed by atoms with Gasteiger partial charge < -0.3 is 10.6 Å². The number of unbranched alkanes of at least 4 members (excludes halogenated alkanes) is 1. The zero-order valence-corrected chi connectivity index (χ0v) is 10.6. The summed E-state index contributed by atoms with van der Waals surface area (Å²) in [5.41, 5.74) is 1.27. The van der Waals surface area contributed by atoms with E-state index in [2.05, 4.69) is 38.3 Å². The molecule has 0 aromatic heterocycles. The SMILES string of the molecule is CCCCNC(=O)N/C=C(\C)C(C)(C)C. The topological polar surface area (TPSA) is 41.1 Å². The Kier molecular flexibility index (Phi) is 6.06. The molecule has 0 heterocycles. The van der Waals surface area contributed by atoms with E-state index in [0.29, 0.717) is 0 Å². The third-order valence-corrected chi connectivity index (χ3v) is 2.42. The second kappa shape index (κ2) is 6.49. The lowest BCUT2D eigenvalue weighted by molar-refractivity contribution is 0.244. The average Bonchev–Trinajstić information content (AvgIpc) is 2.13. The molecule has 0 aliphatic heterocycles. The van der Waals surface area contributed by atoms with E-state index in [9.17, 15) is 4.79 Å². The van der Waals surface area contributed by atoms with Crippen molar-refractivity contribution in [2.24, 2.45) is 5.41 Å². The highest BCUT2D eigenvalue weighted by molar-refractivity contribution is 5.74. The number of allylic oxidation sites excluding steroid dienone is 1. The van der Waals surface area contributed by atoms with Gasteiger partial charge in [0, 0.05) is 12.7 Å². The van der Waals surface area contributed by atoms with Gasteiger partial charge in [0.25, 0.3) is 0 Å². The minimum atomic E-state index is -0.118. The molecule has 0 aromatic rings. The van der Waals surface area contributed by atoms with E-state index >= 15 is 0 Å². The van der Waals surface area contributed by atoms with Gasteiger partial charge >= 0.3 is 6.03 Å². The van der Waals surface area contributed by atoms with Gasteiger partial charge in [-0.1, -0.05) is 39.7 Å². The Hall–Kier alpha value is -0.990. The molecule has 0 aliphatic carbocycles. The molecule has 0 fully saturated rings. The highest BCUT2D eigenvalue weighted by Gasteiger charge is 2.12. The number of urea groups is 1. The summed E-state index contributed by atoms with van der Waals surface area (Å²) in [4.78, 5) is 11.3. The van der Waals surface area contributed by atoms with Crippen LogP contribution in [0.15, 0.2) is 11.8 Å². The lowest BCUT2D eigenvalue weighted by atomic mass is 9.88. The van der Waals surface area contributed by atoms with Crippen molar-refractivity contribution in [1.29, 1.82) is 0 Å². The Bertz CT molecular complexity index is 226. The molecule has 88 valence electrons. The van der Waals surface area contributed by atoms with Gasteiger partial charge in [-0.3, -0.25) is 0 Å². The predicted molar refractivity (Wildman–Crippen MR) is 64.7 cm³/mol. The van der Waals surface area contributed by atoms with Crippen LogP contribution in [0.25, 0.3) is 0 Å². The van der Waals surface area contributed by atoms with Crippen LogP contribution in [-0.4, -0.2) is 12.6 Å². The van der Waals surface area contributed by atoms with Crippen LogP contribution in [0.4, 0.5) is 4.79 Å². The lowest BCUT2D eigenvalue weighted by Gasteiger charge is -2.19. The highest BCUT2D eigenvalue weighted by atomic mass is 16.2. The van der Waals surface area contributed by atoms with E-state index in [1.165, 1.54) is 0 Å². The van der Waals surface area contributed by atoms with Crippen LogP contribution >= 0.6 is 0 Å². The van der Waals surface area contributed by atoms with Gasteiger partial charge in [0.2, 0.25) is 0 Å². The van der Waals surface area contributed by atoms with Gasteiger partial charge in [0.05, 0.1) is 0 Å². The minimum absolute atomic E-state index is 0.108. The maximum Gasteiger partial charge on any atom is 0.318 e. The summed E-state index contributed by atoms with van der Waals surface area (Å²) in [5, 5.41) is 5.53. The van der Waals surface area contributed by atoms with Crippen molar-refractivity contribution in [2.45, 2.75) is 47.5 Å². The fraction of sp³-hybridized carbons (Fsp3) is 0.750. The van der Waals surface area contributed by atoms with E-state index in [-0.39, 0.29) is 11.4 Å². The van der Waals surface area contributed by atoms with Crippen molar-refractivity contribution in [2.75, 3.05) is 6.54 Å². The van der Waals surface area contributed by atoms with Gasteiger partial charge in [-0.15, -0.1) is 0 Å². The van der Waals surface area contributed by atoms with Crippen LogP contribution in [0.1, 0.15) is 47.5 Å². The second-order valence-corrected chi connectivity index (χ2v) is 4.83. The van der Waals surface area contributed by atoms with Crippen molar-refractivity contribution in [1.82, 2.24) is 10.6 Å². The van der Waals surface area contributed by atoms with Crippen LogP contribution in [0, 0.1) is 5.41 Å². The molecule has 0 bridgehead atoms. The first-order valence-corrected chi connectivity index (χ1v) is 5.59. The number of hydrogen-bond donors (Lipinski definition) is 2. The molecular weight excluding hydrogens is 188 g/mol. The molecule has 2 amide bonds. The molecule has 0 saturated heterocycles. The number of hydrogen-bond acceptors (Lipinski definition) is 1. The van der Waals surface area contributed by atoms with Crippen LogP contribution in [0.3, 0.4) is 0 Å². The van der Waals surface area contributed by atoms with Crippen LogP contribution in [0.2, 0.25) is 0 Å². The first-order valence-electron chi connectivity index (χ1n) is 5.59. The fourth-order valence-electron chi connectivity index (χ4n) is 0.820. The van der Waals surface area contributed by atoms with Crippen molar-refractivity contribution in [3.8, 4) is 0 Å². The molecule has 15 heavy (non-hydrogen) atoms. The van der Waals surface area contributed by atoms with Crippen molar-refractivity contribution >= 4 is 6.03 Å². The number of carbonyl (C=O) groups excluding carboxylic acids is 1. The molecule has 0 unspecified atom stereocenters. The predicted octanol–water partition coefficient (Wildman–Crippen LogP) is 3.04. The lowest BCUT2D eigenvalue weighted by Crippen LogP contribution is -2.33. The summed E-state index contributed by atoms with van der Waals surface area (Å²) in [7, 11) is 0. The molecule has 0 radical (unpaired) electrons. The molecule has 0 saturated carbocycles. The maximum atomic E-state index is 11.3. The van der Waals surface area contributed by atoms with E-state index in [4.69, 9.17) is 0 Å².